The second-order valence-corrected chi connectivity index (χ2v) is 4.57. The normalized spacial score (nSPS) is 10.6. The van der Waals surface area contributed by atoms with Crippen LogP contribution in [-0.2, 0) is 11.8 Å². The zero-order valence-electron chi connectivity index (χ0n) is 11.8. The number of benzene rings is 1. The number of hydrogen-bond acceptors (Lipinski definition) is 6. The van der Waals surface area contributed by atoms with Crippen molar-refractivity contribution in [1.82, 2.24) is 24.7 Å². The number of para-hydroxylation sites is 1. The zero-order chi connectivity index (χ0) is 15.7. The second kappa shape index (κ2) is 5.28. The molecule has 0 spiro atoms. The highest BCUT2D eigenvalue weighted by Crippen LogP contribution is 2.10. The summed E-state index contributed by atoms with van der Waals surface area (Å²) >= 11 is 0. The molecule has 0 radical (unpaired) electrons. The third kappa shape index (κ3) is 2.51. The number of hydrogen-bond donors (Lipinski definition) is 1. The second-order valence-electron chi connectivity index (χ2n) is 4.57. The van der Waals surface area contributed by atoms with Gasteiger partial charge < -0.3 is 14.7 Å². The van der Waals surface area contributed by atoms with Gasteiger partial charge in [-0.3, -0.25) is 4.79 Å². The van der Waals surface area contributed by atoms with Gasteiger partial charge in [0.05, 0.1) is 0 Å². The van der Waals surface area contributed by atoms with Gasteiger partial charge in [0, 0.05) is 20.2 Å². The Morgan fingerprint density at radius 1 is 1.27 bits per heavy atom. The Balaban J connectivity index is 1.85. The number of amides is 1. The van der Waals surface area contributed by atoms with E-state index in [-0.39, 0.29) is 17.5 Å². The topological polar surface area (TPSA) is 104 Å². The predicted molar refractivity (Wildman–Crippen MR) is 76.0 cm³/mol. The maximum atomic E-state index is 12.2. The standard InChI is InChI=1S/C13H12N6O3/c1-8(20)14-11-7-18(2)12(15-11)13(21)22-19-10-6-4-3-5-9(10)16-17-19/h3-7H,1-2H3,(H,14,20). The van der Waals surface area contributed by atoms with Crippen LogP contribution in [0.4, 0.5) is 5.82 Å². The molecule has 0 saturated heterocycles. The van der Waals surface area contributed by atoms with Crippen LogP contribution in [0.15, 0.2) is 30.5 Å². The Hall–Kier alpha value is -3.23. The van der Waals surface area contributed by atoms with E-state index in [1.165, 1.54) is 17.7 Å². The van der Waals surface area contributed by atoms with E-state index in [1.54, 1.807) is 25.2 Å². The van der Waals surface area contributed by atoms with Crippen molar-refractivity contribution in [3.05, 3.63) is 36.3 Å². The minimum atomic E-state index is -0.713. The molecule has 1 N–H and O–H groups in total. The average molecular weight is 300 g/mol. The lowest BCUT2D eigenvalue weighted by Crippen LogP contribution is -2.23. The van der Waals surface area contributed by atoms with Gasteiger partial charge >= 0.3 is 5.97 Å². The molecule has 0 unspecified atom stereocenters. The predicted octanol–water partition coefficient (Wildman–Crippen LogP) is 0.392. The summed E-state index contributed by atoms with van der Waals surface area (Å²) in [6.45, 7) is 1.36. The highest BCUT2D eigenvalue weighted by molar-refractivity contribution is 5.90. The van der Waals surface area contributed by atoms with E-state index in [4.69, 9.17) is 4.84 Å². The number of fused-ring (bicyclic) bond motifs is 1. The minimum absolute atomic E-state index is 0.0309. The summed E-state index contributed by atoms with van der Waals surface area (Å²) in [6, 6.07) is 7.07. The monoisotopic (exact) mass is 300 g/mol. The first kappa shape index (κ1) is 13.7. The third-order valence-electron chi connectivity index (χ3n) is 2.85. The van der Waals surface area contributed by atoms with Crippen molar-refractivity contribution < 1.29 is 14.4 Å². The number of anilines is 1. The lowest BCUT2D eigenvalue weighted by Gasteiger charge is -2.02. The number of nitrogens with one attached hydrogen (secondary N) is 1. The SMILES string of the molecule is CC(=O)Nc1cn(C)c(C(=O)On2nnc3ccccc32)n1. The fraction of sp³-hybridized carbons (Fsp3) is 0.154. The number of carbonyl (C=O) groups excluding carboxylic acids is 2. The molecule has 112 valence electrons. The van der Waals surface area contributed by atoms with E-state index < -0.39 is 5.97 Å². The Kier molecular flexibility index (Phi) is 3.30. The number of aromatic nitrogens is 5. The van der Waals surface area contributed by atoms with Crippen molar-refractivity contribution in [1.29, 1.82) is 0 Å². The van der Waals surface area contributed by atoms with Crippen molar-refractivity contribution in [2.45, 2.75) is 6.92 Å². The number of carbonyl (C=O) groups is 2. The molecule has 3 aromatic rings. The van der Waals surface area contributed by atoms with E-state index in [0.29, 0.717) is 11.0 Å². The number of aryl methyl sites for hydroxylation is 1. The summed E-state index contributed by atoms with van der Waals surface area (Å²) in [4.78, 5) is 33.4. The van der Waals surface area contributed by atoms with E-state index in [2.05, 4.69) is 20.6 Å². The van der Waals surface area contributed by atoms with E-state index >= 15 is 0 Å². The molecule has 3 rings (SSSR count). The molecular formula is C13H12N6O3. The van der Waals surface area contributed by atoms with E-state index in [9.17, 15) is 9.59 Å². The third-order valence-corrected chi connectivity index (χ3v) is 2.85. The molecular weight excluding hydrogens is 288 g/mol. The van der Waals surface area contributed by atoms with Crippen LogP contribution in [0.1, 0.15) is 17.5 Å². The quantitative estimate of drug-likeness (QED) is 0.702. The molecule has 1 amide bonds. The van der Waals surface area contributed by atoms with Crippen LogP contribution in [0.25, 0.3) is 11.0 Å². The maximum Gasteiger partial charge on any atom is 0.401 e. The van der Waals surface area contributed by atoms with Crippen molar-refractivity contribution in [3.63, 3.8) is 0 Å². The summed E-state index contributed by atoms with van der Waals surface area (Å²) in [5.74, 6) is -0.691. The Morgan fingerprint density at radius 2 is 2.05 bits per heavy atom. The lowest BCUT2D eigenvalue weighted by atomic mass is 10.3. The van der Waals surface area contributed by atoms with Gasteiger partial charge in [-0.2, -0.15) is 0 Å². The molecule has 2 aromatic heterocycles. The number of imidazole rings is 1. The molecule has 0 bridgehead atoms. The lowest BCUT2D eigenvalue weighted by molar-refractivity contribution is -0.114. The molecule has 0 saturated carbocycles. The van der Waals surface area contributed by atoms with Gasteiger partial charge in [0.1, 0.15) is 11.0 Å². The highest BCUT2D eigenvalue weighted by atomic mass is 16.7. The molecule has 1 aromatic carbocycles. The molecule has 9 heteroatoms. The van der Waals surface area contributed by atoms with Crippen LogP contribution in [0, 0.1) is 0 Å². The number of nitrogens with zero attached hydrogens (tertiary/aromatic N) is 5. The first-order chi connectivity index (χ1) is 10.5. The molecule has 9 nitrogen and oxygen atoms in total. The van der Waals surface area contributed by atoms with Gasteiger partial charge in [-0.25, -0.2) is 9.78 Å². The van der Waals surface area contributed by atoms with Crippen LogP contribution in [-0.4, -0.2) is 36.6 Å². The van der Waals surface area contributed by atoms with Crippen molar-refractivity contribution in [2.24, 2.45) is 7.05 Å². The van der Waals surface area contributed by atoms with Crippen LogP contribution in [0.3, 0.4) is 0 Å². The van der Waals surface area contributed by atoms with Crippen molar-refractivity contribution in [3.8, 4) is 0 Å². The van der Waals surface area contributed by atoms with Gasteiger partial charge in [0.25, 0.3) is 0 Å². The largest absolute Gasteiger partial charge is 0.401 e. The Bertz CT molecular complexity index is 866. The molecule has 22 heavy (non-hydrogen) atoms. The Morgan fingerprint density at radius 3 is 2.82 bits per heavy atom. The van der Waals surface area contributed by atoms with Crippen molar-refractivity contribution >= 4 is 28.7 Å². The molecule has 0 atom stereocenters. The minimum Gasteiger partial charge on any atom is -0.326 e. The van der Waals surface area contributed by atoms with Crippen molar-refractivity contribution in [2.75, 3.05) is 5.32 Å². The summed E-state index contributed by atoms with van der Waals surface area (Å²) in [7, 11) is 1.62. The smallest absolute Gasteiger partial charge is 0.326 e. The van der Waals surface area contributed by atoms with Gasteiger partial charge in [0.15, 0.2) is 5.82 Å². The number of rotatable bonds is 3. The average Bonchev–Trinajstić information content (AvgIpc) is 3.02. The summed E-state index contributed by atoms with van der Waals surface area (Å²) in [5, 5.41) is 10.1. The van der Waals surface area contributed by atoms with E-state index in [1.807, 2.05) is 6.07 Å². The molecule has 2 heterocycles. The van der Waals surface area contributed by atoms with Crippen LogP contribution < -0.4 is 10.2 Å². The summed E-state index contributed by atoms with van der Waals surface area (Å²) in [6.07, 6.45) is 1.51. The molecule has 0 fully saturated rings. The first-order valence-corrected chi connectivity index (χ1v) is 6.38. The molecule has 0 aliphatic carbocycles. The maximum absolute atomic E-state index is 12.2. The molecule has 0 aliphatic rings. The fourth-order valence-electron chi connectivity index (χ4n) is 1.93. The van der Waals surface area contributed by atoms with E-state index in [0.717, 1.165) is 4.85 Å². The first-order valence-electron chi connectivity index (χ1n) is 6.38. The summed E-state index contributed by atoms with van der Waals surface area (Å²) < 4.78 is 1.45. The van der Waals surface area contributed by atoms with Gasteiger partial charge in [-0.1, -0.05) is 17.0 Å². The summed E-state index contributed by atoms with van der Waals surface area (Å²) in [5.41, 5.74) is 1.17. The van der Waals surface area contributed by atoms with Gasteiger partial charge in [-0.15, -0.1) is 5.10 Å². The van der Waals surface area contributed by atoms with Crippen LogP contribution in [0.2, 0.25) is 0 Å². The Labute approximate surface area is 124 Å². The van der Waals surface area contributed by atoms with Crippen LogP contribution >= 0.6 is 0 Å². The fourth-order valence-corrected chi connectivity index (χ4v) is 1.93. The van der Waals surface area contributed by atoms with Crippen LogP contribution in [0.5, 0.6) is 0 Å². The van der Waals surface area contributed by atoms with Gasteiger partial charge in [0.2, 0.25) is 11.7 Å². The zero-order valence-corrected chi connectivity index (χ0v) is 11.8. The van der Waals surface area contributed by atoms with Gasteiger partial charge in [-0.05, 0) is 17.3 Å². The molecule has 0 aliphatic heterocycles. The highest BCUT2D eigenvalue weighted by Gasteiger charge is 2.18.